The van der Waals surface area contributed by atoms with E-state index >= 15 is 0 Å². The zero-order chi connectivity index (χ0) is 47.7. The summed E-state index contributed by atoms with van der Waals surface area (Å²) in [5.74, 6) is 1.52. The highest BCUT2D eigenvalue weighted by Gasteiger charge is 2.20. The number of sulfone groups is 1. The lowest BCUT2D eigenvalue weighted by atomic mass is 9.99. The van der Waals surface area contributed by atoms with E-state index in [1.165, 1.54) is 6.20 Å². The van der Waals surface area contributed by atoms with E-state index in [2.05, 4.69) is 47.8 Å². The van der Waals surface area contributed by atoms with E-state index in [1.807, 2.05) is 84.5 Å². The molecule has 0 spiro atoms. The molecule has 4 aromatic carbocycles. The molecule has 19 heteroatoms. The summed E-state index contributed by atoms with van der Waals surface area (Å²) in [4.78, 5) is 8.75. The molecule has 0 aliphatic carbocycles. The van der Waals surface area contributed by atoms with Gasteiger partial charge < -0.3 is 39.2 Å². The maximum Gasteiger partial charge on any atom is 0.177 e. The van der Waals surface area contributed by atoms with E-state index in [-0.39, 0.29) is 24.7 Å². The first-order chi connectivity index (χ1) is 33.1. The maximum atomic E-state index is 12.2. The van der Waals surface area contributed by atoms with Gasteiger partial charge in [-0.1, -0.05) is 66.2 Å². The third-order valence-electron chi connectivity index (χ3n) is 11.2. The summed E-state index contributed by atoms with van der Waals surface area (Å²) in [5.41, 5.74) is 14.4. The summed E-state index contributed by atoms with van der Waals surface area (Å²) in [6.07, 6.45) is 5.71. The van der Waals surface area contributed by atoms with E-state index in [1.54, 1.807) is 24.5 Å². The van der Waals surface area contributed by atoms with Gasteiger partial charge in [0.1, 0.15) is 48.3 Å². The Kier molecular flexibility index (Phi) is 18.2. The average molecular weight is 968 g/mol. The second-order valence-corrected chi connectivity index (χ2v) is 18.7. The third-order valence-corrected chi connectivity index (χ3v) is 12.6. The minimum Gasteiger partial charge on any atom is -0.488 e. The molecule has 6 aromatic rings. The number of benzene rings is 4. The lowest BCUT2D eigenvalue weighted by Gasteiger charge is -2.26. The van der Waals surface area contributed by atoms with E-state index in [9.17, 15) is 8.42 Å². The number of nitrogens with one attached hydrogen (secondary N) is 3. The number of piperazine rings is 1. The average Bonchev–Trinajstić information content (AvgIpc) is 3.78. The van der Waals surface area contributed by atoms with Crippen molar-refractivity contribution in [3.8, 4) is 34.1 Å². The lowest BCUT2D eigenvalue weighted by Crippen LogP contribution is -2.44. The summed E-state index contributed by atoms with van der Waals surface area (Å²) in [6, 6.07) is 26.6. The van der Waals surface area contributed by atoms with Crippen LogP contribution in [0.2, 0.25) is 5.02 Å². The summed E-state index contributed by atoms with van der Waals surface area (Å²) in [6.45, 7) is 11.5. The Balaban J connectivity index is 1.04. The summed E-state index contributed by atoms with van der Waals surface area (Å²) in [5, 5.41) is 19.7. The second-order valence-electron chi connectivity index (χ2n) is 16.2. The normalized spacial score (nSPS) is 13.5. The highest BCUT2D eigenvalue weighted by atomic mass is 35.5. The molecule has 360 valence electrons. The zero-order valence-corrected chi connectivity index (χ0v) is 40.3. The largest absolute Gasteiger partial charge is 0.488 e. The molecule has 7 rings (SSSR count). The molecule has 0 radical (unpaired) electrons. The van der Waals surface area contributed by atoms with Gasteiger partial charge >= 0.3 is 0 Å². The second kappa shape index (κ2) is 24.9. The van der Waals surface area contributed by atoms with Crippen LogP contribution in [-0.2, 0) is 39.1 Å². The minimum absolute atomic E-state index is 0.0695. The molecule has 0 amide bonds. The van der Waals surface area contributed by atoms with Crippen LogP contribution in [-0.4, -0.2) is 130 Å². The molecule has 0 unspecified atom stereocenters. The first-order valence-corrected chi connectivity index (χ1v) is 24.8. The zero-order valence-electron chi connectivity index (χ0n) is 38.7. The number of hydrogen-bond donors (Lipinski definition) is 3. The maximum absolute atomic E-state index is 12.2. The van der Waals surface area contributed by atoms with Crippen LogP contribution in [0.15, 0.2) is 119 Å². The van der Waals surface area contributed by atoms with Gasteiger partial charge in [-0.3, -0.25) is 9.88 Å². The summed E-state index contributed by atoms with van der Waals surface area (Å²) < 4.78 is 56.7. The predicted molar refractivity (Wildman–Crippen MR) is 261 cm³/mol. The van der Waals surface area contributed by atoms with Crippen molar-refractivity contribution >= 4 is 32.5 Å². The topological polar surface area (TPSA) is 191 Å². The summed E-state index contributed by atoms with van der Waals surface area (Å²) in [7, 11) is -1.45. The Bertz CT molecular complexity index is 2750. The molecule has 1 aliphatic heterocycles. The van der Waals surface area contributed by atoms with E-state index in [0.717, 1.165) is 84.5 Å². The molecule has 1 saturated heterocycles. The standard InChI is InChI=1S/C49H59ClN10O7S/c1-4-58(2)32-39-27-44(50)48(28-47(39)66-33-36-25-42(31-54-29-36)68(3,61)62)67-34-38-10-8-12-43(49(38)60-46-14-6-5-13-45(46)56-57-60)37-9-7-11-41(26-37)65-35-40(55-51)30-53-17-21-63-23-24-64-22-20-59-18-15-52-16-19-59/h5-14,25-31,51-53H,4,15-24,32-35H2,1-3H3/b40-30-,55-51?. The SMILES string of the molecule is CCN(C)Cc1cc(Cl)c(OCc2cccc(-c3cccc(OC/C(=C/NCCOCCOCCN4CCNCC4)N=N)c3)c2-n2nnc3ccccc32)cc1OCc1cncc(S(C)(=O)=O)c1. The van der Waals surface area contributed by atoms with E-state index in [4.69, 9.17) is 40.8 Å². The van der Waals surface area contributed by atoms with Crippen LogP contribution < -0.4 is 24.8 Å². The van der Waals surface area contributed by atoms with Gasteiger partial charge in [0.05, 0.1) is 47.5 Å². The van der Waals surface area contributed by atoms with Crippen molar-refractivity contribution in [2.75, 3.05) is 92.2 Å². The van der Waals surface area contributed by atoms with Crippen LogP contribution in [0.25, 0.3) is 27.8 Å². The molecule has 3 N–H and O–H groups in total. The fourth-order valence-corrected chi connectivity index (χ4v) is 8.28. The fraction of sp³-hybridized carbons (Fsp3) is 0.367. The summed E-state index contributed by atoms with van der Waals surface area (Å²) >= 11 is 6.94. The lowest BCUT2D eigenvalue weighted by molar-refractivity contribution is 0.0389. The number of pyridine rings is 1. The molecule has 17 nitrogen and oxygen atoms in total. The minimum atomic E-state index is -3.45. The molecule has 1 fully saturated rings. The van der Waals surface area contributed by atoms with Crippen molar-refractivity contribution in [1.82, 2.24) is 40.4 Å². The van der Waals surface area contributed by atoms with Crippen LogP contribution in [0.3, 0.4) is 0 Å². The number of hydrogen-bond acceptors (Lipinski definition) is 16. The third kappa shape index (κ3) is 14.0. The van der Waals surface area contributed by atoms with Crippen molar-refractivity contribution in [2.45, 2.75) is 31.6 Å². The van der Waals surface area contributed by atoms with Crippen molar-refractivity contribution in [3.05, 3.63) is 131 Å². The van der Waals surface area contributed by atoms with Gasteiger partial charge in [0.2, 0.25) is 0 Å². The van der Waals surface area contributed by atoms with Gasteiger partial charge in [-0.25, -0.2) is 18.6 Å². The Hall–Kier alpha value is -5.99. The Morgan fingerprint density at radius 3 is 2.51 bits per heavy atom. The highest BCUT2D eigenvalue weighted by molar-refractivity contribution is 7.90. The van der Waals surface area contributed by atoms with Gasteiger partial charge in [-0.2, -0.15) is 5.11 Å². The monoisotopic (exact) mass is 966 g/mol. The molecular formula is C49H59ClN10O7S. The van der Waals surface area contributed by atoms with Gasteiger partial charge in [-0.05, 0) is 55.6 Å². The van der Waals surface area contributed by atoms with Gasteiger partial charge in [0.25, 0.3) is 0 Å². The van der Waals surface area contributed by atoms with E-state index in [0.29, 0.717) is 73.0 Å². The highest BCUT2D eigenvalue weighted by Crippen LogP contribution is 2.37. The van der Waals surface area contributed by atoms with Crippen LogP contribution in [0.5, 0.6) is 17.2 Å². The molecule has 3 heterocycles. The van der Waals surface area contributed by atoms with Gasteiger partial charge in [0, 0.05) is 99.0 Å². The number of rotatable bonds is 26. The molecule has 68 heavy (non-hydrogen) atoms. The number of ether oxygens (including phenoxy) is 5. The van der Waals surface area contributed by atoms with Crippen LogP contribution in [0, 0.1) is 5.53 Å². The van der Waals surface area contributed by atoms with Crippen LogP contribution in [0.4, 0.5) is 0 Å². The molecule has 1 aliphatic rings. The Morgan fingerprint density at radius 1 is 0.912 bits per heavy atom. The molecule has 0 atom stereocenters. The molecule has 0 bridgehead atoms. The van der Waals surface area contributed by atoms with Crippen LogP contribution in [0.1, 0.15) is 23.6 Å². The van der Waals surface area contributed by atoms with Crippen molar-refractivity contribution in [1.29, 1.82) is 5.53 Å². The first-order valence-electron chi connectivity index (χ1n) is 22.5. The quantitative estimate of drug-likeness (QED) is 0.0375. The van der Waals surface area contributed by atoms with Gasteiger partial charge in [0.15, 0.2) is 9.84 Å². The Labute approximate surface area is 402 Å². The van der Waals surface area contributed by atoms with Crippen LogP contribution >= 0.6 is 11.6 Å². The van der Waals surface area contributed by atoms with Crippen molar-refractivity contribution in [3.63, 3.8) is 0 Å². The van der Waals surface area contributed by atoms with E-state index < -0.39 is 9.84 Å². The number of nitrogens with zero attached hydrogens (tertiary/aromatic N) is 7. The number of aromatic nitrogens is 4. The number of para-hydroxylation sites is 2. The van der Waals surface area contributed by atoms with Gasteiger partial charge in [-0.15, -0.1) is 5.10 Å². The predicted octanol–water partition coefficient (Wildman–Crippen LogP) is 6.93. The number of fused-ring (bicyclic) bond motifs is 1. The van der Waals surface area contributed by atoms with Crippen molar-refractivity contribution < 1.29 is 32.1 Å². The molecular weight excluding hydrogens is 908 g/mol. The molecule has 0 saturated carbocycles. The fourth-order valence-electron chi connectivity index (χ4n) is 7.42. The smallest absolute Gasteiger partial charge is 0.177 e. The van der Waals surface area contributed by atoms with Crippen molar-refractivity contribution in [2.24, 2.45) is 5.11 Å². The number of halogens is 1. The molecule has 2 aromatic heterocycles. The Morgan fingerprint density at radius 2 is 1.71 bits per heavy atom. The first kappa shape index (κ1) is 49.9.